The molecule has 0 aliphatic carbocycles. The number of hydrogen-bond acceptors (Lipinski definition) is 6. The van der Waals surface area contributed by atoms with Crippen molar-refractivity contribution >= 4 is 33.3 Å². The normalized spacial score (nSPS) is 11.5. The van der Waals surface area contributed by atoms with Crippen LogP contribution in [0.25, 0.3) is 0 Å². The van der Waals surface area contributed by atoms with E-state index in [0.29, 0.717) is 15.9 Å². The summed E-state index contributed by atoms with van der Waals surface area (Å²) in [6, 6.07) is 13.6. The molecule has 0 aliphatic heterocycles. The number of rotatable bonds is 8. The Labute approximate surface area is 211 Å². The number of nitrogens with one attached hydrogen (secondary N) is 1. The maximum absolute atomic E-state index is 13.7. The molecule has 3 aromatic carbocycles. The van der Waals surface area contributed by atoms with E-state index < -0.39 is 40.2 Å². The van der Waals surface area contributed by atoms with Gasteiger partial charge in [-0.3, -0.25) is 9.10 Å². The summed E-state index contributed by atoms with van der Waals surface area (Å²) >= 11 is 0. The second-order valence-electron chi connectivity index (χ2n) is 7.83. The van der Waals surface area contributed by atoms with E-state index in [1.807, 2.05) is 0 Å². The minimum absolute atomic E-state index is 0.0404. The molecule has 0 radical (unpaired) electrons. The molecule has 0 heterocycles. The predicted molar refractivity (Wildman–Crippen MR) is 130 cm³/mol. The van der Waals surface area contributed by atoms with E-state index in [2.05, 4.69) is 10.1 Å². The number of nitrogens with zero attached hydrogens (tertiary/aromatic N) is 1. The molecule has 0 aromatic heterocycles. The van der Waals surface area contributed by atoms with Crippen LogP contribution in [0.1, 0.15) is 21.5 Å². The van der Waals surface area contributed by atoms with Crippen LogP contribution in [0.15, 0.2) is 71.6 Å². The van der Waals surface area contributed by atoms with Gasteiger partial charge in [0.25, 0.3) is 10.0 Å². The molecule has 3 aromatic rings. The maximum Gasteiger partial charge on any atom is 0.416 e. The summed E-state index contributed by atoms with van der Waals surface area (Å²) in [7, 11) is -2.11. The molecule has 37 heavy (non-hydrogen) atoms. The predicted octanol–water partition coefficient (Wildman–Crippen LogP) is 4.64. The molecule has 0 bridgehead atoms. The third kappa shape index (κ3) is 6.39. The van der Waals surface area contributed by atoms with Crippen LogP contribution in [-0.2, 0) is 25.7 Å². The molecule has 8 nitrogen and oxygen atoms in total. The minimum Gasteiger partial charge on any atom is -0.495 e. The van der Waals surface area contributed by atoms with Gasteiger partial charge in [-0.2, -0.15) is 13.2 Å². The summed E-state index contributed by atoms with van der Waals surface area (Å²) < 4.78 is 77.9. The standard InChI is InChI=1S/C25H23F3N2O6S/c1-16-7-12-21(35-2)22(13-16)37(33,34)30(20-6-4-5-18(14-20)25(26,27)28)15-23(31)29-19-10-8-17(9-11-19)24(32)36-3/h4-14H,15H2,1-3H3,(H,29,31). The Hall–Kier alpha value is -4.06. The Morgan fingerprint density at radius 3 is 2.24 bits per heavy atom. The largest absolute Gasteiger partial charge is 0.495 e. The zero-order chi connectivity index (χ0) is 27.4. The molecule has 0 atom stereocenters. The second kappa shape index (κ2) is 10.9. The van der Waals surface area contributed by atoms with Crippen molar-refractivity contribution in [3.63, 3.8) is 0 Å². The van der Waals surface area contributed by atoms with Crippen LogP contribution in [0.2, 0.25) is 0 Å². The first-order valence-electron chi connectivity index (χ1n) is 10.7. The van der Waals surface area contributed by atoms with E-state index in [-0.39, 0.29) is 27.6 Å². The highest BCUT2D eigenvalue weighted by molar-refractivity contribution is 7.93. The van der Waals surface area contributed by atoms with Gasteiger partial charge >= 0.3 is 12.1 Å². The van der Waals surface area contributed by atoms with Crippen LogP contribution in [0, 0.1) is 6.92 Å². The first-order chi connectivity index (χ1) is 17.4. The number of sulfonamides is 1. The average molecular weight is 537 g/mol. The van der Waals surface area contributed by atoms with Crippen LogP contribution < -0.4 is 14.4 Å². The van der Waals surface area contributed by atoms with Crippen LogP contribution in [0.4, 0.5) is 24.5 Å². The molecule has 0 saturated carbocycles. The van der Waals surface area contributed by atoms with Gasteiger partial charge in [-0.05, 0) is 67.1 Å². The van der Waals surface area contributed by atoms with Gasteiger partial charge in [0.15, 0.2) is 0 Å². The van der Waals surface area contributed by atoms with E-state index in [1.54, 1.807) is 13.0 Å². The highest BCUT2D eigenvalue weighted by Gasteiger charge is 2.34. The Bertz CT molecular complexity index is 1410. The highest BCUT2D eigenvalue weighted by atomic mass is 32.2. The summed E-state index contributed by atoms with van der Waals surface area (Å²) in [5.74, 6) is -1.47. The van der Waals surface area contributed by atoms with Crippen molar-refractivity contribution in [2.75, 3.05) is 30.4 Å². The Morgan fingerprint density at radius 2 is 1.65 bits per heavy atom. The molecule has 0 fully saturated rings. The molecule has 12 heteroatoms. The van der Waals surface area contributed by atoms with E-state index in [0.717, 1.165) is 18.2 Å². The van der Waals surface area contributed by atoms with E-state index >= 15 is 0 Å². The van der Waals surface area contributed by atoms with Crippen molar-refractivity contribution in [3.8, 4) is 5.75 Å². The first kappa shape index (κ1) is 27.5. The molecule has 1 amide bonds. The summed E-state index contributed by atoms with van der Waals surface area (Å²) in [6.07, 6.45) is -4.74. The van der Waals surface area contributed by atoms with E-state index in [9.17, 15) is 31.2 Å². The Kier molecular flexibility index (Phi) is 8.12. The number of ether oxygens (including phenoxy) is 2. The fourth-order valence-corrected chi connectivity index (χ4v) is 5.05. The number of carbonyl (C=O) groups excluding carboxylic acids is 2. The van der Waals surface area contributed by atoms with Crippen LogP contribution in [-0.4, -0.2) is 41.1 Å². The molecule has 1 N–H and O–H groups in total. The van der Waals surface area contributed by atoms with Crippen LogP contribution >= 0.6 is 0 Å². The third-order valence-electron chi connectivity index (χ3n) is 5.23. The molecule has 0 saturated heterocycles. The van der Waals surface area contributed by atoms with Gasteiger partial charge in [0.2, 0.25) is 5.91 Å². The van der Waals surface area contributed by atoms with Gasteiger partial charge in [-0.15, -0.1) is 0 Å². The van der Waals surface area contributed by atoms with Crippen molar-refractivity contribution in [1.82, 2.24) is 0 Å². The second-order valence-corrected chi connectivity index (χ2v) is 9.66. The van der Waals surface area contributed by atoms with Gasteiger partial charge in [0.1, 0.15) is 17.2 Å². The van der Waals surface area contributed by atoms with Crippen LogP contribution in [0.3, 0.4) is 0 Å². The number of alkyl halides is 3. The number of anilines is 2. The SMILES string of the molecule is COC(=O)c1ccc(NC(=O)CN(c2cccc(C(F)(F)F)c2)S(=O)(=O)c2cc(C)ccc2OC)cc1. The zero-order valence-corrected chi connectivity index (χ0v) is 20.8. The summed E-state index contributed by atoms with van der Waals surface area (Å²) in [5.41, 5.74) is -0.444. The topological polar surface area (TPSA) is 102 Å². The summed E-state index contributed by atoms with van der Waals surface area (Å²) in [6.45, 7) is 0.789. The van der Waals surface area contributed by atoms with E-state index in [1.165, 1.54) is 50.6 Å². The number of hydrogen-bond donors (Lipinski definition) is 1. The Balaban J connectivity index is 2.02. The average Bonchev–Trinajstić information content (AvgIpc) is 2.86. The molecule has 0 spiro atoms. The molecular formula is C25H23F3N2O6S. The van der Waals surface area contributed by atoms with Crippen LogP contribution in [0.5, 0.6) is 5.75 Å². The molecule has 3 rings (SSSR count). The van der Waals surface area contributed by atoms with Gasteiger partial charge in [-0.1, -0.05) is 12.1 Å². The molecule has 196 valence electrons. The minimum atomic E-state index is -4.74. The highest BCUT2D eigenvalue weighted by Crippen LogP contribution is 2.35. The third-order valence-corrected chi connectivity index (χ3v) is 7.02. The van der Waals surface area contributed by atoms with Crippen molar-refractivity contribution in [1.29, 1.82) is 0 Å². The van der Waals surface area contributed by atoms with Gasteiger partial charge in [0.05, 0.1) is 31.0 Å². The quantitative estimate of drug-likeness (QED) is 0.421. The monoisotopic (exact) mass is 536 g/mol. The summed E-state index contributed by atoms with van der Waals surface area (Å²) in [4.78, 5) is 24.2. The maximum atomic E-state index is 13.7. The summed E-state index contributed by atoms with van der Waals surface area (Å²) in [5, 5.41) is 2.48. The fourth-order valence-electron chi connectivity index (χ4n) is 3.40. The number of amides is 1. The molecular weight excluding hydrogens is 513 g/mol. The van der Waals surface area contributed by atoms with E-state index in [4.69, 9.17) is 4.74 Å². The lowest BCUT2D eigenvalue weighted by Crippen LogP contribution is -2.38. The number of carbonyl (C=O) groups is 2. The van der Waals surface area contributed by atoms with Gasteiger partial charge < -0.3 is 14.8 Å². The van der Waals surface area contributed by atoms with Crippen molar-refractivity contribution < 1.29 is 40.7 Å². The zero-order valence-electron chi connectivity index (χ0n) is 20.0. The number of benzene rings is 3. The van der Waals surface area contributed by atoms with Crippen molar-refractivity contribution in [2.45, 2.75) is 18.0 Å². The lowest BCUT2D eigenvalue weighted by atomic mass is 10.2. The number of halogens is 3. The number of aryl methyl sites for hydroxylation is 1. The lowest BCUT2D eigenvalue weighted by molar-refractivity contribution is -0.137. The molecule has 0 aliphatic rings. The van der Waals surface area contributed by atoms with Crippen molar-refractivity contribution in [2.24, 2.45) is 0 Å². The number of esters is 1. The number of methoxy groups -OCH3 is 2. The first-order valence-corrected chi connectivity index (χ1v) is 12.1. The molecule has 0 unspecified atom stereocenters. The smallest absolute Gasteiger partial charge is 0.416 e. The Morgan fingerprint density at radius 1 is 0.973 bits per heavy atom. The fraction of sp³-hybridized carbons (Fsp3) is 0.200. The van der Waals surface area contributed by atoms with Crippen molar-refractivity contribution in [3.05, 3.63) is 83.4 Å². The lowest BCUT2D eigenvalue weighted by Gasteiger charge is -2.26. The van der Waals surface area contributed by atoms with Gasteiger partial charge in [-0.25, -0.2) is 13.2 Å². The van der Waals surface area contributed by atoms with Gasteiger partial charge in [0, 0.05) is 5.69 Å².